The molecule has 19 heteroatoms. The van der Waals surface area contributed by atoms with E-state index >= 15 is 0 Å². The molecule has 436 valence electrons. The molecule has 0 aromatic heterocycles. The van der Waals surface area contributed by atoms with Crippen molar-refractivity contribution in [1.82, 2.24) is 0 Å². The Hall–Kier alpha value is -1.73. The fourth-order valence-corrected chi connectivity index (χ4v) is 17.3. The number of hydrogen-bond donors (Lipinski definition) is 3. The highest BCUT2D eigenvalue weighted by Gasteiger charge is 2.66. The summed E-state index contributed by atoms with van der Waals surface area (Å²) in [6.45, 7) is 18.3. The third-order valence-corrected chi connectivity index (χ3v) is 21.1. The number of rotatable bonds is 4. The number of esters is 1. The fourth-order valence-electron chi connectivity index (χ4n) is 17.3. The normalized spacial score (nSPS) is 55.5. The number of aliphatic hydroxyl groups excluding tert-OH is 3. The number of ether oxygens (including phenoxy) is 15. The van der Waals surface area contributed by atoms with Crippen LogP contribution in [0.4, 0.5) is 0 Å². The van der Waals surface area contributed by atoms with Crippen LogP contribution >= 0.6 is 0 Å². The van der Waals surface area contributed by atoms with Crippen molar-refractivity contribution in [2.24, 2.45) is 23.7 Å². The van der Waals surface area contributed by atoms with Crippen molar-refractivity contribution in [3.8, 4) is 0 Å². The van der Waals surface area contributed by atoms with Gasteiger partial charge in [0.2, 0.25) is 0 Å². The minimum absolute atomic E-state index is 0.0182. The Morgan fingerprint density at radius 1 is 0.538 bits per heavy atom. The van der Waals surface area contributed by atoms with Crippen molar-refractivity contribution in [2.75, 3.05) is 19.8 Å². The van der Waals surface area contributed by atoms with Gasteiger partial charge >= 0.3 is 5.97 Å². The summed E-state index contributed by atoms with van der Waals surface area (Å²) in [4.78, 5) is 14.5. The average molecular weight is 1100 g/mol. The maximum Gasteiger partial charge on any atom is 0.308 e. The highest BCUT2D eigenvalue weighted by Crippen LogP contribution is 2.56. The van der Waals surface area contributed by atoms with E-state index in [2.05, 4.69) is 40.9 Å². The summed E-state index contributed by atoms with van der Waals surface area (Å²) in [7, 11) is 0. The highest BCUT2D eigenvalue weighted by molar-refractivity contribution is 5.70. The standard InChI is InChI=1S/C59H86O19/c1-26-13-33-7-9-37-27(2)14-35(66-37)11-12-64-53-47-25-65-55-54-38(70-56(53)57(55)73-47)10-8-34(68-54)16-48(63)74-52-31(6)51-43(69-42(52)17-39(67-33)30(26)5)19-41-45(72-51)22-59(75-41)23-46-50(78-59)29(4)21-58(77-46)20-28(3)49-44(76-58)18-40(71-49)36(62)15-32(61)24-60/h26,28-29,31-47,49-57,60-62H,2,5,7-25H2,1,3-4,6H3/t26-,28+,29+,31+,32?,33+,34-,35+,36?,37?,38+,39-,40+,41-,42?,43+,44?,45-,46?,47+,49?,50?,51+,52-,53-,54+,55+,56+,57+,58-,59+/m1/s1. The fraction of sp³-hybridized carbons (Fsp3) is 0.915. The van der Waals surface area contributed by atoms with Crippen molar-refractivity contribution < 1.29 is 91.2 Å². The lowest BCUT2D eigenvalue weighted by Crippen LogP contribution is -2.62. The third kappa shape index (κ3) is 9.84. The van der Waals surface area contributed by atoms with Crippen LogP contribution in [0.15, 0.2) is 24.3 Å². The van der Waals surface area contributed by atoms with Crippen molar-refractivity contribution in [3.05, 3.63) is 24.3 Å². The van der Waals surface area contributed by atoms with E-state index in [1.165, 1.54) is 0 Å². The van der Waals surface area contributed by atoms with Crippen LogP contribution in [0.1, 0.15) is 130 Å². The van der Waals surface area contributed by atoms with Crippen LogP contribution in [0, 0.1) is 23.7 Å². The number of hydrogen-bond acceptors (Lipinski definition) is 19. The lowest BCUT2D eigenvalue weighted by molar-refractivity contribution is -0.347. The molecular formula is C59H86O19. The Labute approximate surface area is 458 Å². The molecule has 0 amide bonds. The zero-order valence-electron chi connectivity index (χ0n) is 46.0. The maximum atomic E-state index is 14.5. The van der Waals surface area contributed by atoms with Gasteiger partial charge < -0.3 is 86.4 Å². The van der Waals surface area contributed by atoms with E-state index in [9.17, 15) is 20.1 Å². The van der Waals surface area contributed by atoms with E-state index in [1.807, 2.05) is 0 Å². The van der Waals surface area contributed by atoms with Gasteiger partial charge in [0.05, 0.1) is 130 Å². The van der Waals surface area contributed by atoms with E-state index in [1.54, 1.807) is 0 Å². The second-order valence-corrected chi connectivity index (χ2v) is 26.6. The molecule has 0 aliphatic carbocycles. The first kappa shape index (κ1) is 54.2. The summed E-state index contributed by atoms with van der Waals surface area (Å²) in [5, 5.41) is 30.3. The quantitative estimate of drug-likeness (QED) is 0.262. The Morgan fingerprint density at radius 3 is 2.09 bits per heavy atom. The zero-order valence-corrected chi connectivity index (χ0v) is 46.0. The molecule has 2 spiro atoms. The van der Waals surface area contributed by atoms with Gasteiger partial charge in [0.1, 0.15) is 42.7 Å². The molecule has 11 bridgehead atoms. The Balaban J connectivity index is 0.677. The predicted molar refractivity (Wildman–Crippen MR) is 272 cm³/mol. The van der Waals surface area contributed by atoms with E-state index in [0.717, 1.165) is 43.3 Å². The summed E-state index contributed by atoms with van der Waals surface area (Å²) in [5.41, 5.74) is 2.14. The molecule has 16 aliphatic rings. The molecule has 0 aromatic carbocycles. The second-order valence-electron chi connectivity index (χ2n) is 26.6. The highest BCUT2D eigenvalue weighted by atomic mass is 16.8. The first-order valence-electron chi connectivity index (χ1n) is 30.3. The minimum atomic E-state index is -1.02. The summed E-state index contributed by atoms with van der Waals surface area (Å²) in [5.74, 6) is -1.94. The summed E-state index contributed by atoms with van der Waals surface area (Å²) in [6, 6.07) is 0. The topological polar surface area (TPSA) is 216 Å². The van der Waals surface area contributed by atoms with E-state index in [0.29, 0.717) is 71.0 Å². The zero-order chi connectivity index (χ0) is 53.5. The SMILES string of the molecule is C=C1C[C@@H]2CCO[C@H]3[C@@H]4O[C@H]5CC[C@H](CC(=O)O[C@H]6C(C[C@H]7O[C@@H](CCC1O2)C[C@@H](C)C7=C)O[C@H]1C[C@H]2O[C@@]7(CC8O[C@]9(C[C@H](C)C%10O[C@H](C(O)CC(O)CO)CC%10O9)C[C@H](C)C8O7)C[C@H]2O[C@H]1[C@@H]6C)O[C@@H]5[C@@H]1OC[C@@H]3O[C@@H]14. The van der Waals surface area contributed by atoms with Gasteiger partial charge in [-0.3, -0.25) is 4.79 Å². The molecular weight excluding hydrogens is 1010 g/mol. The average Bonchev–Trinajstić information content (AvgIpc) is 4.39. The van der Waals surface area contributed by atoms with Crippen molar-refractivity contribution in [3.63, 3.8) is 0 Å². The molecule has 3 N–H and O–H groups in total. The predicted octanol–water partition coefficient (Wildman–Crippen LogP) is 4.44. The van der Waals surface area contributed by atoms with Crippen LogP contribution in [-0.4, -0.2) is 205 Å². The Morgan fingerprint density at radius 2 is 1.24 bits per heavy atom. The van der Waals surface area contributed by atoms with Gasteiger partial charge in [0, 0.05) is 63.9 Å². The van der Waals surface area contributed by atoms with E-state index in [-0.39, 0.29) is 165 Å². The smallest absolute Gasteiger partial charge is 0.308 e. The van der Waals surface area contributed by atoms with Gasteiger partial charge in [-0.05, 0) is 73.8 Å². The molecule has 19 nitrogen and oxygen atoms in total. The van der Waals surface area contributed by atoms with Gasteiger partial charge in [0.25, 0.3) is 0 Å². The Kier molecular flexibility index (Phi) is 14.7. The molecule has 0 radical (unpaired) electrons. The molecule has 16 heterocycles. The molecule has 8 unspecified atom stereocenters. The van der Waals surface area contributed by atoms with Gasteiger partial charge in [0.15, 0.2) is 11.6 Å². The molecule has 16 fully saturated rings. The molecule has 78 heavy (non-hydrogen) atoms. The second kappa shape index (κ2) is 21.1. The molecule has 16 rings (SSSR count). The van der Waals surface area contributed by atoms with Crippen molar-refractivity contribution in [2.45, 2.75) is 295 Å². The third-order valence-electron chi connectivity index (χ3n) is 21.1. The summed E-state index contributed by atoms with van der Waals surface area (Å²) in [6.07, 6.45) is 0.790. The number of aliphatic hydroxyl groups is 3. The van der Waals surface area contributed by atoms with Crippen LogP contribution in [0.25, 0.3) is 0 Å². The van der Waals surface area contributed by atoms with Crippen LogP contribution in [0.3, 0.4) is 0 Å². The van der Waals surface area contributed by atoms with Crippen LogP contribution in [-0.2, 0) is 75.8 Å². The van der Waals surface area contributed by atoms with Gasteiger partial charge in [-0.1, -0.05) is 40.9 Å². The van der Waals surface area contributed by atoms with E-state index in [4.69, 9.17) is 71.1 Å². The molecule has 0 aromatic rings. The monoisotopic (exact) mass is 1100 g/mol. The minimum Gasteiger partial charge on any atom is -0.459 e. The first-order chi connectivity index (χ1) is 37.6. The van der Waals surface area contributed by atoms with Gasteiger partial charge in [-0.2, -0.15) is 0 Å². The lowest BCUT2D eigenvalue weighted by Gasteiger charge is -2.50. The van der Waals surface area contributed by atoms with Crippen LogP contribution < -0.4 is 0 Å². The van der Waals surface area contributed by atoms with Crippen molar-refractivity contribution >= 4 is 5.97 Å². The number of carbonyl (C=O) groups is 1. The van der Waals surface area contributed by atoms with Crippen molar-refractivity contribution in [1.29, 1.82) is 0 Å². The maximum absolute atomic E-state index is 14.5. The van der Waals surface area contributed by atoms with Crippen LogP contribution in [0.5, 0.6) is 0 Å². The Bertz CT molecular complexity index is 2240. The van der Waals surface area contributed by atoms with E-state index < -0.39 is 48.7 Å². The molecule has 16 aliphatic heterocycles. The summed E-state index contributed by atoms with van der Waals surface area (Å²) < 4.78 is 102. The number of fused-ring (bicyclic) bond motifs is 6. The van der Waals surface area contributed by atoms with Gasteiger partial charge in [-0.15, -0.1) is 0 Å². The lowest BCUT2D eigenvalue weighted by atomic mass is 9.79. The van der Waals surface area contributed by atoms with Crippen LogP contribution in [0.2, 0.25) is 0 Å². The molecule has 16 saturated heterocycles. The molecule has 31 atom stereocenters. The number of carbonyl (C=O) groups excluding carboxylic acids is 1. The summed E-state index contributed by atoms with van der Waals surface area (Å²) >= 11 is 0. The largest absolute Gasteiger partial charge is 0.459 e. The molecule has 0 saturated carbocycles. The van der Waals surface area contributed by atoms with Gasteiger partial charge in [-0.25, -0.2) is 0 Å². The first-order valence-corrected chi connectivity index (χ1v) is 30.3.